The Morgan fingerprint density at radius 1 is 1.22 bits per heavy atom. The fourth-order valence-electron chi connectivity index (χ4n) is 3.62. The summed E-state index contributed by atoms with van der Waals surface area (Å²) in [6.45, 7) is 1.48. The molecule has 2 aromatic rings. The maximum absolute atomic E-state index is 13.9. The summed E-state index contributed by atoms with van der Waals surface area (Å²) in [6.07, 6.45) is -5.08. The number of rotatable bonds is 4. The van der Waals surface area contributed by atoms with Crippen molar-refractivity contribution in [1.29, 1.82) is 0 Å². The van der Waals surface area contributed by atoms with Gasteiger partial charge in [0.25, 0.3) is 5.69 Å². The van der Waals surface area contributed by atoms with E-state index in [0.29, 0.717) is 11.1 Å². The lowest BCUT2D eigenvalue weighted by Crippen LogP contribution is -2.55. The van der Waals surface area contributed by atoms with Crippen molar-refractivity contribution in [1.82, 2.24) is 5.32 Å². The number of nitrogens with zero attached hydrogens (tertiary/aromatic N) is 1. The van der Waals surface area contributed by atoms with Crippen molar-refractivity contribution in [3.8, 4) is 0 Å². The summed E-state index contributed by atoms with van der Waals surface area (Å²) >= 11 is 0. The summed E-state index contributed by atoms with van der Waals surface area (Å²) in [5.74, 6) is -0.826. The smallest absolute Gasteiger partial charge is 0.338 e. The van der Waals surface area contributed by atoms with Crippen LogP contribution in [0, 0.1) is 17.0 Å². The largest absolute Gasteiger partial charge is 0.415 e. The molecule has 0 unspecified atom stereocenters. The van der Waals surface area contributed by atoms with Gasteiger partial charge in [-0.2, -0.15) is 13.2 Å². The third kappa shape index (κ3) is 3.27. The molecule has 1 aliphatic rings. The minimum atomic E-state index is -4.66. The normalized spacial score (nSPS) is 18.8. The lowest BCUT2D eigenvalue weighted by Gasteiger charge is -2.34. The number of benzene rings is 2. The number of hydrogen-bond donors (Lipinski definition) is 1. The SMILES string of the molecule is Cc1c(CC(=O)N[C@@]2(C(F)(F)F)CCc3ccccc32)cccc1[N+](=O)[O-]. The lowest BCUT2D eigenvalue weighted by molar-refractivity contribution is -0.385. The van der Waals surface area contributed by atoms with Crippen LogP contribution in [0.3, 0.4) is 0 Å². The second-order valence-corrected chi connectivity index (χ2v) is 6.60. The summed E-state index contributed by atoms with van der Waals surface area (Å²) in [7, 11) is 0. The molecule has 0 saturated carbocycles. The molecule has 0 aliphatic heterocycles. The zero-order valence-electron chi connectivity index (χ0n) is 14.5. The molecule has 0 fully saturated rings. The summed E-state index contributed by atoms with van der Waals surface area (Å²) in [5.41, 5.74) is -1.40. The van der Waals surface area contributed by atoms with E-state index in [2.05, 4.69) is 5.32 Å². The average Bonchev–Trinajstić information content (AvgIpc) is 2.96. The minimum absolute atomic E-state index is 0.0571. The molecule has 0 radical (unpaired) electrons. The molecule has 8 heteroatoms. The summed E-state index contributed by atoms with van der Waals surface area (Å²) < 4.78 is 41.8. The first-order chi connectivity index (χ1) is 12.7. The number of alkyl halides is 3. The van der Waals surface area contributed by atoms with Gasteiger partial charge in [-0.05, 0) is 36.5 Å². The highest BCUT2D eigenvalue weighted by molar-refractivity contribution is 5.80. The fraction of sp³-hybridized carbons (Fsp3) is 0.316. The Bertz CT molecular complexity index is 911. The van der Waals surface area contributed by atoms with Crippen LogP contribution < -0.4 is 5.32 Å². The number of carbonyl (C=O) groups excluding carboxylic acids is 1. The molecule has 3 rings (SSSR count). The van der Waals surface area contributed by atoms with Gasteiger partial charge in [-0.25, -0.2) is 0 Å². The van der Waals surface area contributed by atoms with E-state index >= 15 is 0 Å². The van der Waals surface area contributed by atoms with Crippen molar-refractivity contribution in [2.24, 2.45) is 0 Å². The van der Waals surface area contributed by atoms with Crippen LogP contribution in [0.25, 0.3) is 0 Å². The van der Waals surface area contributed by atoms with Crippen LogP contribution in [0.15, 0.2) is 42.5 Å². The molecule has 5 nitrogen and oxygen atoms in total. The highest BCUT2D eigenvalue weighted by atomic mass is 19.4. The molecule has 0 spiro atoms. The van der Waals surface area contributed by atoms with E-state index in [1.807, 2.05) is 0 Å². The molecule has 1 aliphatic carbocycles. The predicted molar refractivity (Wildman–Crippen MR) is 92.2 cm³/mol. The first kappa shape index (κ1) is 18.9. The van der Waals surface area contributed by atoms with E-state index < -0.39 is 22.5 Å². The average molecular weight is 378 g/mol. The van der Waals surface area contributed by atoms with E-state index in [0.717, 1.165) is 0 Å². The van der Waals surface area contributed by atoms with Crippen LogP contribution in [0.4, 0.5) is 18.9 Å². The summed E-state index contributed by atoms with van der Waals surface area (Å²) in [4.78, 5) is 22.9. The Labute approximate surface area is 153 Å². The molecule has 0 heterocycles. The van der Waals surface area contributed by atoms with E-state index in [9.17, 15) is 28.1 Å². The van der Waals surface area contributed by atoms with Gasteiger partial charge in [0.15, 0.2) is 5.54 Å². The first-order valence-corrected chi connectivity index (χ1v) is 8.35. The first-order valence-electron chi connectivity index (χ1n) is 8.35. The number of fused-ring (bicyclic) bond motifs is 1. The van der Waals surface area contributed by atoms with Gasteiger partial charge in [-0.1, -0.05) is 36.4 Å². The van der Waals surface area contributed by atoms with Crippen LogP contribution in [0.1, 0.15) is 28.7 Å². The highest BCUT2D eigenvalue weighted by Gasteiger charge is 2.59. The van der Waals surface area contributed by atoms with Crippen molar-refractivity contribution in [2.45, 2.75) is 37.9 Å². The van der Waals surface area contributed by atoms with E-state index in [1.165, 1.54) is 37.3 Å². The molecule has 142 valence electrons. The molecule has 1 N–H and O–H groups in total. The van der Waals surface area contributed by atoms with Gasteiger partial charge in [-0.3, -0.25) is 14.9 Å². The van der Waals surface area contributed by atoms with Crippen LogP contribution in [-0.2, 0) is 23.2 Å². The number of nitro groups is 1. The van der Waals surface area contributed by atoms with E-state index in [4.69, 9.17) is 0 Å². The number of carbonyl (C=O) groups is 1. The molecular weight excluding hydrogens is 361 g/mol. The van der Waals surface area contributed by atoms with Gasteiger partial charge in [0, 0.05) is 11.6 Å². The maximum atomic E-state index is 13.9. The Morgan fingerprint density at radius 2 is 1.93 bits per heavy atom. The molecule has 1 amide bonds. The van der Waals surface area contributed by atoms with Crippen molar-refractivity contribution in [3.05, 3.63) is 74.8 Å². The zero-order chi connectivity index (χ0) is 19.8. The number of nitro benzene ring substituents is 1. The molecule has 0 saturated heterocycles. The van der Waals surface area contributed by atoms with Crippen molar-refractivity contribution in [3.63, 3.8) is 0 Å². The van der Waals surface area contributed by atoms with Crippen molar-refractivity contribution < 1.29 is 22.9 Å². The number of hydrogen-bond acceptors (Lipinski definition) is 3. The van der Waals surface area contributed by atoms with Gasteiger partial charge in [0.2, 0.25) is 5.91 Å². The van der Waals surface area contributed by atoms with Gasteiger partial charge in [0.05, 0.1) is 11.3 Å². The number of nitrogens with one attached hydrogen (secondary N) is 1. The number of halogens is 3. The molecule has 1 atom stereocenters. The fourth-order valence-corrected chi connectivity index (χ4v) is 3.62. The second kappa shape index (κ2) is 6.68. The topological polar surface area (TPSA) is 72.2 Å². The Balaban J connectivity index is 1.90. The van der Waals surface area contributed by atoms with E-state index in [1.54, 1.807) is 12.1 Å². The van der Waals surface area contributed by atoms with Crippen LogP contribution in [0.5, 0.6) is 0 Å². The monoisotopic (exact) mass is 378 g/mol. The third-order valence-corrected chi connectivity index (χ3v) is 5.05. The second-order valence-electron chi connectivity index (χ2n) is 6.60. The maximum Gasteiger partial charge on any atom is 0.415 e. The van der Waals surface area contributed by atoms with Crippen LogP contribution in [0.2, 0.25) is 0 Å². The van der Waals surface area contributed by atoms with E-state index in [-0.39, 0.29) is 36.1 Å². The number of amides is 1. The molecule has 2 aromatic carbocycles. The minimum Gasteiger partial charge on any atom is -0.338 e. The molecular formula is C19H17F3N2O3. The molecule has 0 bridgehead atoms. The summed E-state index contributed by atoms with van der Waals surface area (Å²) in [6, 6.07) is 10.4. The quantitative estimate of drug-likeness (QED) is 0.646. The third-order valence-electron chi connectivity index (χ3n) is 5.05. The van der Waals surface area contributed by atoms with Gasteiger partial charge in [-0.15, -0.1) is 0 Å². The Morgan fingerprint density at radius 3 is 2.59 bits per heavy atom. The van der Waals surface area contributed by atoms with Crippen LogP contribution >= 0.6 is 0 Å². The zero-order valence-corrected chi connectivity index (χ0v) is 14.5. The predicted octanol–water partition coefficient (Wildman–Crippen LogP) is 3.97. The Hall–Kier alpha value is -2.90. The number of aryl methyl sites for hydroxylation is 1. The van der Waals surface area contributed by atoms with Gasteiger partial charge in [0.1, 0.15) is 0 Å². The molecule has 0 aromatic heterocycles. The summed E-state index contributed by atoms with van der Waals surface area (Å²) in [5, 5.41) is 13.2. The standard InChI is InChI=1S/C19H17F3N2O3/c1-12-14(6-4-8-16(12)24(26)27)11-17(25)23-18(19(20,21)22)10-9-13-5-2-3-7-15(13)18/h2-8H,9-11H2,1H3,(H,23,25)/t18-/m0/s1. The van der Waals surface area contributed by atoms with Crippen molar-refractivity contribution >= 4 is 11.6 Å². The van der Waals surface area contributed by atoms with Crippen LogP contribution in [-0.4, -0.2) is 17.0 Å². The lowest BCUT2D eigenvalue weighted by atomic mass is 9.90. The highest BCUT2D eigenvalue weighted by Crippen LogP contribution is 2.48. The Kier molecular flexibility index (Phi) is 4.67. The van der Waals surface area contributed by atoms with Crippen molar-refractivity contribution in [2.75, 3.05) is 0 Å². The van der Waals surface area contributed by atoms with Gasteiger partial charge < -0.3 is 5.32 Å². The van der Waals surface area contributed by atoms with Gasteiger partial charge >= 0.3 is 6.18 Å². The molecule has 27 heavy (non-hydrogen) atoms.